The van der Waals surface area contributed by atoms with E-state index in [2.05, 4.69) is 4.99 Å². The van der Waals surface area contributed by atoms with E-state index in [0.717, 1.165) is 6.26 Å². The molecule has 3 rings (SSSR count). The number of nitrogens with zero attached hydrogens (tertiary/aromatic N) is 1. The summed E-state index contributed by atoms with van der Waals surface area (Å²) in [5.74, 6) is -0.0867. The van der Waals surface area contributed by atoms with Crippen LogP contribution in [0.5, 0.6) is 5.75 Å². The number of hydrogen-bond acceptors (Lipinski definition) is 6. The summed E-state index contributed by atoms with van der Waals surface area (Å²) in [6.45, 7) is 0. The molecule has 0 saturated carbocycles. The molecule has 0 amide bonds. The molecule has 122 valence electrons. The van der Waals surface area contributed by atoms with Gasteiger partial charge in [0.15, 0.2) is 5.70 Å². The van der Waals surface area contributed by atoms with Gasteiger partial charge in [0.1, 0.15) is 5.75 Å². The Hall–Kier alpha value is -2.93. The fourth-order valence-corrected chi connectivity index (χ4v) is 2.53. The van der Waals surface area contributed by atoms with Crippen LogP contribution in [0.1, 0.15) is 11.1 Å². The number of carbonyl (C=O) groups excluding carboxylic acids is 1. The van der Waals surface area contributed by atoms with Crippen LogP contribution in [0.4, 0.5) is 0 Å². The van der Waals surface area contributed by atoms with Crippen molar-refractivity contribution in [3.8, 4) is 5.75 Å². The van der Waals surface area contributed by atoms with Crippen molar-refractivity contribution < 1.29 is 22.1 Å². The van der Waals surface area contributed by atoms with Crippen molar-refractivity contribution in [2.45, 2.75) is 0 Å². The Labute approximate surface area is 139 Å². The third-order valence-electron chi connectivity index (χ3n) is 3.07. The number of benzene rings is 2. The second-order valence-electron chi connectivity index (χ2n) is 5.06. The average molecular weight is 343 g/mol. The van der Waals surface area contributed by atoms with Crippen molar-refractivity contribution in [3.05, 3.63) is 71.4 Å². The number of aliphatic imine (C=N–C) groups is 1. The molecule has 24 heavy (non-hydrogen) atoms. The summed E-state index contributed by atoms with van der Waals surface area (Å²) in [6, 6.07) is 15.3. The van der Waals surface area contributed by atoms with E-state index in [1.165, 1.54) is 12.1 Å². The van der Waals surface area contributed by atoms with Gasteiger partial charge in [-0.1, -0.05) is 30.3 Å². The van der Waals surface area contributed by atoms with Gasteiger partial charge >= 0.3 is 16.1 Å². The first kappa shape index (κ1) is 15.9. The minimum absolute atomic E-state index is 0.172. The van der Waals surface area contributed by atoms with Gasteiger partial charge in [0.2, 0.25) is 5.90 Å². The molecule has 2 aromatic carbocycles. The Morgan fingerprint density at radius 3 is 2.33 bits per heavy atom. The van der Waals surface area contributed by atoms with Gasteiger partial charge < -0.3 is 8.92 Å². The van der Waals surface area contributed by atoms with Crippen LogP contribution in [-0.2, 0) is 19.6 Å². The van der Waals surface area contributed by atoms with Gasteiger partial charge in [-0.25, -0.2) is 9.79 Å². The van der Waals surface area contributed by atoms with Gasteiger partial charge in [0.25, 0.3) is 0 Å². The highest BCUT2D eigenvalue weighted by Gasteiger charge is 2.23. The quantitative estimate of drug-likeness (QED) is 0.483. The van der Waals surface area contributed by atoms with Crippen LogP contribution in [0.15, 0.2) is 65.3 Å². The van der Waals surface area contributed by atoms with Crippen LogP contribution in [0.2, 0.25) is 0 Å². The normalized spacial score (nSPS) is 16.0. The first-order chi connectivity index (χ1) is 11.4. The van der Waals surface area contributed by atoms with Gasteiger partial charge in [-0.05, 0) is 35.9 Å². The summed E-state index contributed by atoms with van der Waals surface area (Å²) in [4.78, 5) is 16.1. The van der Waals surface area contributed by atoms with E-state index in [4.69, 9.17) is 8.92 Å². The van der Waals surface area contributed by atoms with Crippen LogP contribution < -0.4 is 4.18 Å². The topological polar surface area (TPSA) is 82.0 Å². The summed E-state index contributed by atoms with van der Waals surface area (Å²) >= 11 is 0. The Morgan fingerprint density at radius 1 is 1.04 bits per heavy atom. The summed E-state index contributed by atoms with van der Waals surface area (Å²) in [6.07, 6.45) is 2.53. The molecule has 1 heterocycles. The molecule has 0 unspecified atom stereocenters. The lowest BCUT2D eigenvalue weighted by Crippen LogP contribution is -2.05. The third kappa shape index (κ3) is 3.88. The highest BCUT2D eigenvalue weighted by Crippen LogP contribution is 2.21. The van der Waals surface area contributed by atoms with Gasteiger partial charge in [-0.15, -0.1) is 0 Å². The lowest BCUT2D eigenvalue weighted by Gasteiger charge is -2.02. The Morgan fingerprint density at radius 2 is 1.71 bits per heavy atom. The largest absolute Gasteiger partial charge is 0.402 e. The van der Waals surface area contributed by atoms with Gasteiger partial charge in [0, 0.05) is 5.56 Å². The summed E-state index contributed by atoms with van der Waals surface area (Å²) in [5.41, 5.74) is 1.55. The zero-order chi connectivity index (χ0) is 17.2. The van der Waals surface area contributed by atoms with Crippen molar-refractivity contribution in [2.75, 3.05) is 6.26 Å². The van der Waals surface area contributed by atoms with Crippen molar-refractivity contribution in [2.24, 2.45) is 4.99 Å². The molecule has 0 fully saturated rings. The predicted molar refractivity (Wildman–Crippen MR) is 89.0 cm³/mol. The molecule has 2 aromatic rings. The molecule has 0 aliphatic carbocycles. The maximum Gasteiger partial charge on any atom is 0.363 e. The standard InChI is InChI=1S/C17H13NO5S/c1-24(20,21)23-14-9-7-12(8-10-14)11-15-17(19)22-16(18-15)13-5-3-2-4-6-13/h2-11H,1H3. The van der Waals surface area contributed by atoms with Crippen molar-refractivity contribution in [1.82, 2.24) is 0 Å². The van der Waals surface area contributed by atoms with Crippen molar-refractivity contribution in [1.29, 1.82) is 0 Å². The molecular weight excluding hydrogens is 330 g/mol. The summed E-state index contributed by atoms with van der Waals surface area (Å²) < 4.78 is 32.0. The lowest BCUT2D eigenvalue weighted by atomic mass is 10.2. The molecule has 1 aliphatic rings. The van der Waals surface area contributed by atoms with E-state index in [0.29, 0.717) is 11.1 Å². The summed E-state index contributed by atoms with van der Waals surface area (Å²) in [5, 5.41) is 0. The average Bonchev–Trinajstić information content (AvgIpc) is 2.90. The van der Waals surface area contributed by atoms with Crippen LogP contribution in [0.3, 0.4) is 0 Å². The highest BCUT2D eigenvalue weighted by atomic mass is 32.2. The SMILES string of the molecule is CS(=O)(=O)Oc1ccc(C=C2N=C(c3ccccc3)OC2=O)cc1. The molecule has 6 nitrogen and oxygen atoms in total. The number of ether oxygens (including phenoxy) is 1. The van der Waals surface area contributed by atoms with E-state index < -0.39 is 16.1 Å². The number of hydrogen-bond donors (Lipinski definition) is 0. The number of rotatable bonds is 4. The monoisotopic (exact) mass is 343 g/mol. The zero-order valence-electron chi connectivity index (χ0n) is 12.7. The second kappa shape index (κ2) is 6.29. The van der Waals surface area contributed by atoms with E-state index in [-0.39, 0.29) is 17.3 Å². The van der Waals surface area contributed by atoms with Crippen LogP contribution in [0.25, 0.3) is 6.08 Å². The first-order valence-corrected chi connectivity index (χ1v) is 8.80. The first-order valence-electron chi connectivity index (χ1n) is 6.98. The minimum atomic E-state index is -3.57. The van der Waals surface area contributed by atoms with E-state index in [9.17, 15) is 13.2 Å². The fourth-order valence-electron chi connectivity index (χ4n) is 2.07. The Balaban J connectivity index is 1.83. The molecular formula is C17H13NO5S. The molecule has 0 spiro atoms. The van der Waals surface area contributed by atoms with Gasteiger partial charge in [0.05, 0.1) is 6.26 Å². The lowest BCUT2D eigenvalue weighted by molar-refractivity contribution is -0.129. The van der Waals surface area contributed by atoms with E-state index in [1.54, 1.807) is 30.3 Å². The summed E-state index contributed by atoms with van der Waals surface area (Å²) in [7, 11) is -3.57. The molecule has 0 saturated heterocycles. The van der Waals surface area contributed by atoms with Crippen LogP contribution in [-0.4, -0.2) is 26.5 Å². The highest BCUT2D eigenvalue weighted by molar-refractivity contribution is 7.86. The maximum atomic E-state index is 11.9. The molecule has 0 aromatic heterocycles. The van der Waals surface area contributed by atoms with Gasteiger partial charge in [-0.3, -0.25) is 0 Å². The predicted octanol–water partition coefficient (Wildman–Crippen LogP) is 2.37. The molecule has 7 heteroatoms. The zero-order valence-corrected chi connectivity index (χ0v) is 13.5. The third-order valence-corrected chi connectivity index (χ3v) is 3.57. The Kier molecular flexibility index (Phi) is 4.18. The minimum Gasteiger partial charge on any atom is -0.402 e. The molecule has 0 bridgehead atoms. The number of carbonyl (C=O) groups is 1. The molecule has 0 radical (unpaired) electrons. The second-order valence-corrected chi connectivity index (χ2v) is 6.63. The molecule has 1 aliphatic heterocycles. The van der Waals surface area contributed by atoms with Crippen molar-refractivity contribution >= 4 is 28.1 Å². The Bertz CT molecular complexity index is 929. The number of cyclic esters (lactones) is 1. The molecule has 0 N–H and O–H groups in total. The van der Waals surface area contributed by atoms with E-state index in [1.807, 2.05) is 18.2 Å². The van der Waals surface area contributed by atoms with Gasteiger partial charge in [-0.2, -0.15) is 8.42 Å². The number of esters is 1. The van der Waals surface area contributed by atoms with Crippen LogP contribution in [0, 0.1) is 0 Å². The smallest absolute Gasteiger partial charge is 0.363 e. The van der Waals surface area contributed by atoms with Crippen LogP contribution >= 0.6 is 0 Å². The van der Waals surface area contributed by atoms with E-state index >= 15 is 0 Å². The molecule has 0 atom stereocenters. The maximum absolute atomic E-state index is 11.9. The van der Waals surface area contributed by atoms with Crippen molar-refractivity contribution in [3.63, 3.8) is 0 Å². The fraction of sp³-hybridized carbons (Fsp3) is 0.0588.